The predicted octanol–water partition coefficient (Wildman–Crippen LogP) is 3.90. The molecule has 0 bridgehead atoms. The molecular weight excluding hydrogens is 418 g/mol. The third-order valence-corrected chi connectivity index (χ3v) is 6.66. The van der Waals surface area contributed by atoms with Crippen LogP contribution in [-0.2, 0) is 6.54 Å². The highest BCUT2D eigenvalue weighted by atomic mass is 32.2. The minimum absolute atomic E-state index is 0.0619. The summed E-state index contributed by atoms with van der Waals surface area (Å²) in [5.74, 6) is 1.78. The van der Waals surface area contributed by atoms with Crippen LogP contribution in [0.25, 0.3) is 11.0 Å². The van der Waals surface area contributed by atoms with Crippen molar-refractivity contribution in [2.24, 2.45) is 4.99 Å². The first-order valence-electron chi connectivity index (χ1n) is 10.6. The molecule has 0 saturated carbocycles. The van der Waals surface area contributed by atoms with Gasteiger partial charge < -0.3 is 5.32 Å². The minimum atomic E-state index is -0.0619. The van der Waals surface area contributed by atoms with E-state index in [0.717, 1.165) is 29.5 Å². The second-order valence-corrected chi connectivity index (χ2v) is 8.85. The van der Waals surface area contributed by atoms with Crippen LogP contribution >= 0.6 is 11.8 Å². The molecule has 0 aliphatic carbocycles. The van der Waals surface area contributed by atoms with Crippen molar-refractivity contribution < 1.29 is 0 Å². The van der Waals surface area contributed by atoms with Crippen LogP contribution in [0.5, 0.6) is 0 Å². The molecule has 2 aliphatic rings. The van der Waals surface area contributed by atoms with Crippen LogP contribution in [0, 0.1) is 0 Å². The van der Waals surface area contributed by atoms with Crippen LogP contribution in [0.1, 0.15) is 17.3 Å². The Labute approximate surface area is 190 Å². The maximum absolute atomic E-state index is 5.01. The quantitative estimate of drug-likeness (QED) is 0.485. The summed E-state index contributed by atoms with van der Waals surface area (Å²) < 4.78 is 2.29. The number of hydrogen-bond acceptors (Lipinski definition) is 7. The fourth-order valence-electron chi connectivity index (χ4n) is 4.38. The number of imidazole rings is 1. The zero-order chi connectivity index (χ0) is 21.5. The third-order valence-electron chi connectivity index (χ3n) is 5.92. The largest absolute Gasteiger partial charge is 0.331 e. The molecule has 32 heavy (non-hydrogen) atoms. The fourth-order valence-corrected chi connectivity index (χ4v) is 4.79. The standard InChI is InChI=1S/C24H23N7S/c1-32-19-10-8-18(9-11-19)22-28-23-26-15-29(14-17-5-4-12-25-13-17)16-30(23)24-27-20-6-2-3-7-21(20)31(22)24/h2-13,22H,14-16H2,1H3,(H,26,28)/t22-/m0/s1. The topological polar surface area (TPSA) is 61.6 Å². The summed E-state index contributed by atoms with van der Waals surface area (Å²) >= 11 is 1.75. The summed E-state index contributed by atoms with van der Waals surface area (Å²) in [6.07, 6.45) is 5.75. The van der Waals surface area contributed by atoms with E-state index in [4.69, 9.17) is 9.98 Å². The molecule has 0 amide bonds. The third kappa shape index (κ3) is 3.32. The number of anilines is 1. The van der Waals surface area contributed by atoms with E-state index in [9.17, 15) is 0 Å². The molecule has 2 aliphatic heterocycles. The molecule has 7 nitrogen and oxygen atoms in total. The van der Waals surface area contributed by atoms with Gasteiger partial charge in [0.15, 0.2) is 0 Å². The van der Waals surface area contributed by atoms with Gasteiger partial charge in [0.25, 0.3) is 0 Å². The van der Waals surface area contributed by atoms with Gasteiger partial charge in [-0.05, 0) is 47.7 Å². The Bertz CT molecular complexity index is 1280. The highest BCUT2D eigenvalue weighted by Crippen LogP contribution is 2.34. The van der Waals surface area contributed by atoms with Gasteiger partial charge in [-0.15, -0.1) is 11.8 Å². The first kappa shape index (κ1) is 19.3. The lowest BCUT2D eigenvalue weighted by Gasteiger charge is -2.41. The van der Waals surface area contributed by atoms with Crippen LogP contribution in [0.15, 0.2) is 82.9 Å². The highest BCUT2D eigenvalue weighted by Gasteiger charge is 2.35. The van der Waals surface area contributed by atoms with Crippen molar-refractivity contribution >= 4 is 34.7 Å². The van der Waals surface area contributed by atoms with E-state index in [0.29, 0.717) is 13.3 Å². The molecule has 0 radical (unpaired) electrons. The van der Waals surface area contributed by atoms with Crippen LogP contribution in [0.3, 0.4) is 0 Å². The summed E-state index contributed by atoms with van der Waals surface area (Å²) in [6, 6.07) is 21.1. The van der Waals surface area contributed by atoms with Gasteiger partial charge in [0.05, 0.1) is 24.4 Å². The van der Waals surface area contributed by atoms with Gasteiger partial charge in [-0.3, -0.25) is 19.4 Å². The van der Waals surface area contributed by atoms with Gasteiger partial charge in [0, 0.05) is 23.8 Å². The van der Waals surface area contributed by atoms with E-state index >= 15 is 0 Å². The molecular formula is C24H23N7S. The lowest BCUT2D eigenvalue weighted by molar-refractivity contribution is 0.263. The Morgan fingerprint density at radius 3 is 2.75 bits per heavy atom. The zero-order valence-electron chi connectivity index (χ0n) is 17.7. The average molecular weight is 442 g/mol. The summed E-state index contributed by atoms with van der Waals surface area (Å²) in [4.78, 5) is 19.9. The Morgan fingerprint density at radius 1 is 1.06 bits per heavy atom. The second-order valence-electron chi connectivity index (χ2n) is 7.97. The van der Waals surface area contributed by atoms with E-state index in [2.05, 4.69) is 79.5 Å². The van der Waals surface area contributed by atoms with Gasteiger partial charge in [0.1, 0.15) is 6.17 Å². The van der Waals surface area contributed by atoms with E-state index in [1.54, 1.807) is 18.0 Å². The number of rotatable bonds is 4. The predicted molar refractivity (Wildman–Crippen MR) is 129 cm³/mol. The normalized spacial score (nSPS) is 18.1. The summed E-state index contributed by atoms with van der Waals surface area (Å²) in [5, 5.41) is 3.68. The molecule has 0 spiro atoms. The van der Waals surface area contributed by atoms with Crippen LogP contribution in [0.4, 0.5) is 5.95 Å². The van der Waals surface area contributed by atoms with Crippen molar-refractivity contribution in [3.05, 3.63) is 84.2 Å². The molecule has 2 aromatic carbocycles. The molecule has 2 aromatic heterocycles. The maximum atomic E-state index is 5.01. The first-order chi connectivity index (χ1) is 15.8. The van der Waals surface area contributed by atoms with Crippen molar-refractivity contribution in [3.63, 3.8) is 0 Å². The molecule has 0 unspecified atom stereocenters. The number of aliphatic imine (C=N–C) groups is 1. The first-order valence-corrected chi connectivity index (χ1v) is 11.8. The minimum Gasteiger partial charge on any atom is -0.331 e. The van der Waals surface area contributed by atoms with Gasteiger partial charge in [0.2, 0.25) is 11.9 Å². The van der Waals surface area contributed by atoms with Crippen LogP contribution in [0.2, 0.25) is 0 Å². The number of benzene rings is 2. The Kier molecular flexibility index (Phi) is 4.81. The van der Waals surface area contributed by atoms with Crippen molar-refractivity contribution in [3.8, 4) is 0 Å². The van der Waals surface area contributed by atoms with Gasteiger partial charge in [-0.2, -0.15) is 0 Å². The number of thioether (sulfide) groups is 1. The van der Waals surface area contributed by atoms with Crippen LogP contribution in [-0.4, -0.2) is 45.0 Å². The monoisotopic (exact) mass is 441 g/mol. The molecule has 160 valence electrons. The zero-order valence-corrected chi connectivity index (χ0v) is 18.5. The molecule has 4 heterocycles. The second kappa shape index (κ2) is 7.96. The maximum Gasteiger partial charge on any atom is 0.216 e. The van der Waals surface area contributed by atoms with E-state index in [1.165, 1.54) is 16.0 Å². The molecule has 6 rings (SSSR count). The Morgan fingerprint density at radius 2 is 1.94 bits per heavy atom. The summed E-state index contributed by atoms with van der Waals surface area (Å²) in [7, 11) is 0. The number of nitrogens with one attached hydrogen (secondary N) is 1. The molecule has 8 heteroatoms. The summed E-state index contributed by atoms with van der Waals surface area (Å²) in [6.45, 7) is 2.13. The number of guanidine groups is 1. The molecule has 0 fully saturated rings. The van der Waals surface area contributed by atoms with Gasteiger partial charge in [-0.1, -0.05) is 30.3 Å². The molecule has 0 saturated heterocycles. The van der Waals surface area contributed by atoms with Crippen molar-refractivity contribution in [2.45, 2.75) is 17.6 Å². The molecule has 1 atom stereocenters. The number of hydrogen-bond donors (Lipinski definition) is 1. The summed E-state index contributed by atoms with van der Waals surface area (Å²) in [5.41, 5.74) is 4.46. The number of fused-ring (bicyclic) bond motifs is 5. The van der Waals surface area contributed by atoms with E-state index in [1.807, 2.05) is 18.3 Å². The fraction of sp³-hybridized carbons (Fsp3) is 0.208. The van der Waals surface area contributed by atoms with Crippen molar-refractivity contribution in [2.75, 3.05) is 24.5 Å². The van der Waals surface area contributed by atoms with E-state index < -0.39 is 0 Å². The van der Waals surface area contributed by atoms with Crippen molar-refractivity contribution in [1.82, 2.24) is 24.8 Å². The highest BCUT2D eigenvalue weighted by molar-refractivity contribution is 7.98. The SMILES string of the molecule is CSc1ccc([C@H]2NC3=NCN(Cc4cccnc4)CN3c3nc4ccccc4n32)cc1. The Balaban J connectivity index is 1.41. The number of aromatic nitrogens is 3. The molecule has 1 N–H and O–H groups in total. The smallest absolute Gasteiger partial charge is 0.216 e. The van der Waals surface area contributed by atoms with E-state index in [-0.39, 0.29) is 6.17 Å². The number of pyridine rings is 1. The number of nitrogens with zero attached hydrogens (tertiary/aromatic N) is 6. The molecule has 4 aromatic rings. The van der Waals surface area contributed by atoms with Gasteiger partial charge in [-0.25, -0.2) is 9.98 Å². The lowest BCUT2D eigenvalue weighted by Crippen LogP contribution is -2.57. The van der Waals surface area contributed by atoms with Crippen LogP contribution < -0.4 is 10.2 Å². The average Bonchev–Trinajstić information content (AvgIpc) is 3.24. The Hall–Kier alpha value is -3.36. The van der Waals surface area contributed by atoms with Gasteiger partial charge >= 0.3 is 0 Å². The lowest BCUT2D eigenvalue weighted by atomic mass is 10.1. The van der Waals surface area contributed by atoms with Crippen molar-refractivity contribution in [1.29, 1.82) is 0 Å². The number of para-hydroxylation sites is 2.